The molecular formula is C24H30FN3O4S. The van der Waals surface area contributed by atoms with E-state index in [1.54, 1.807) is 30.3 Å². The van der Waals surface area contributed by atoms with Crippen LogP contribution in [0, 0.1) is 25.6 Å². The molecule has 0 unspecified atom stereocenters. The molecule has 2 amide bonds. The number of piperidine rings is 1. The highest BCUT2D eigenvalue weighted by atomic mass is 32.2. The Morgan fingerprint density at radius 1 is 0.970 bits per heavy atom. The molecule has 0 spiro atoms. The molecule has 7 nitrogen and oxygen atoms in total. The highest BCUT2D eigenvalue weighted by Gasteiger charge is 2.32. The molecule has 0 saturated carbocycles. The standard InChI is InChI=1S/C24H30FN3O4S/c1-17-3-8-22(15-18(17)2)33(31,32)28-13-9-20(10-14-28)24(30)27-12-11-26-23(29)16-19-4-6-21(25)7-5-19/h3-8,15,20H,9-14,16H2,1-2H3,(H,26,29)(H,27,30). The first kappa shape index (κ1) is 24.9. The van der Waals surface area contributed by atoms with Gasteiger partial charge in [-0.05, 0) is 67.6 Å². The number of hydrogen-bond acceptors (Lipinski definition) is 4. The molecule has 0 atom stereocenters. The third-order valence-corrected chi connectivity index (χ3v) is 7.86. The number of benzene rings is 2. The lowest BCUT2D eigenvalue weighted by Crippen LogP contribution is -2.44. The van der Waals surface area contributed by atoms with E-state index >= 15 is 0 Å². The van der Waals surface area contributed by atoms with Crippen molar-refractivity contribution in [2.75, 3.05) is 26.2 Å². The summed E-state index contributed by atoms with van der Waals surface area (Å²) in [6, 6.07) is 10.9. The van der Waals surface area contributed by atoms with Crippen LogP contribution in [0.3, 0.4) is 0 Å². The zero-order chi connectivity index (χ0) is 24.0. The molecule has 1 aliphatic rings. The maximum Gasteiger partial charge on any atom is 0.243 e. The first-order chi connectivity index (χ1) is 15.7. The van der Waals surface area contributed by atoms with Crippen molar-refractivity contribution in [2.45, 2.75) is 38.0 Å². The average molecular weight is 476 g/mol. The van der Waals surface area contributed by atoms with Gasteiger partial charge in [0, 0.05) is 32.1 Å². The van der Waals surface area contributed by atoms with Crippen molar-refractivity contribution in [1.82, 2.24) is 14.9 Å². The second-order valence-electron chi connectivity index (χ2n) is 8.37. The Labute approximate surface area is 194 Å². The summed E-state index contributed by atoms with van der Waals surface area (Å²) in [6.07, 6.45) is 1.04. The van der Waals surface area contributed by atoms with Crippen molar-refractivity contribution in [1.29, 1.82) is 0 Å². The van der Waals surface area contributed by atoms with Gasteiger partial charge in [-0.25, -0.2) is 12.8 Å². The van der Waals surface area contributed by atoms with Gasteiger partial charge in [-0.2, -0.15) is 4.31 Å². The fourth-order valence-electron chi connectivity index (χ4n) is 3.76. The number of nitrogens with one attached hydrogen (secondary N) is 2. The fraction of sp³-hybridized carbons (Fsp3) is 0.417. The topological polar surface area (TPSA) is 95.6 Å². The van der Waals surface area contributed by atoms with E-state index in [1.165, 1.54) is 16.4 Å². The summed E-state index contributed by atoms with van der Waals surface area (Å²) in [5, 5.41) is 5.53. The molecule has 1 fully saturated rings. The van der Waals surface area contributed by atoms with Crippen LogP contribution in [-0.2, 0) is 26.0 Å². The van der Waals surface area contributed by atoms with E-state index in [9.17, 15) is 22.4 Å². The molecule has 0 aliphatic carbocycles. The monoisotopic (exact) mass is 475 g/mol. The molecule has 1 heterocycles. The molecule has 9 heteroatoms. The number of halogens is 1. The molecule has 1 aliphatic heterocycles. The Morgan fingerprint density at radius 3 is 2.24 bits per heavy atom. The van der Waals surface area contributed by atoms with Crippen LogP contribution >= 0.6 is 0 Å². The van der Waals surface area contributed by atoms with Gasteiger partial charge in [-0.1, -0.05) is 18.2 Å². The molecule has 2 aromatic rings. The van der Waals surface area contributed by atoms with Gasteiger partial charge in [-0.15, -0.1) is 0 Å². The zero-order valence-corrected chi connectivity index (χ0v) is 19.8. The second kappa shape index (κ2) is 10.9. The summed E-state index contributed by atoms with van der Waals surface area (Å²) in [7, 11) is -3.58. The van der Waals surface area contributed by atoms with Crippen molar-refractivity contribution in [2.24, 2.45) is 5.92 Å². The number of carbonyl (C=O) groups is 2. The molecule has 33 heavy (non-hydrogen) atoms. The smallest absolute Gasteiger partial charge is 0.243 e. The number of carbonyl (C=O) groups excluding carboxylic acids is 2. The van der Waals surface area contributed by atoms with E-state index < -0.39 is 10.0 Å². The van der Waals surface area contributed by atoms with Gasteiger partial charge in [-0.3, -0.25) is 9.59 Å². The summed E-state index contributed by atoms with van der Waals surface area (Å²) >= 11 is 0. The average Bonchev–Trinajstić information content (AvgIpc) is 2.80. The molecule has 3 rings (SSSR count). The van der Waals surface area contributed by atoms with Crippen LogP contribution in [0.1, 0.15) is 29.5 Å². The fourth-order valence-corrected chi connectivity index (χ4v) is 5.32. The van der Waals surface area contributed by atoms with Crippen LogP contribution in [0.5, 0.6) is 0 Å². The predicted octanol–water partition coefficient (Wildman–Crippen LogP) is 2.32. The number of sulfonamides is 1. The first-order valence-corrected chi connectivity index (χ1v) is 12.5. The van der Waals surface area contributed by atoms with Gasteiger partial charge in [0.1, 0.15) is 5.82 Å². The zero-order valence-electron chi connectivity index (χ0n) is 18.9. The van der Waals surface area contributed by atoms with Crippen LogP contribution < -0.4 is 10.6 Å². The molecule has 2 N–H and O–H groups in total. The highest BCUT2D eigenvalue weighted by molar-refractivity contribution is 7.89. The minimum absolute atomic E-state index is 0.133. The SMILES string of the molecule is Cc1ccc(S(=O)(=O)N2CCC(C(=O)NCCNC(=O)Cc3ccc(F)cc3)CC2)cc1C. The van der Waals surface area contributed by atoms with Crippen molar-refractivity contribution in [3.63, 3.8) is 0 Å². The van der Waals surface area contributed by atoms with Crippen LogP contribution in [0.15, 0.2) is 47.4 Å². The Hall–Kier alpha value is -2.78. The highest BCUT2D eigenvalue weighted by Crippen LogP contribution is 2.25. The number of hydrogen-bond donors (Lipinski definition) is 2. The quantitative estimate of drug-likeness (QED) is 0.573. The minimum Gasteiger partial charge on any atom is -0.354 e. The van der Waals surface area contributed by atoms with Gasteiger partial charge in [0.2, 0.25) is 21.8 Å². The Bertz CT molecular complexity index is 1100. The maximum atomic E-state index is 12.9. The van der Waals surface area contributed by atoms with Crippen LogP contribution in [0.4, 0.5) is 4.39 Å². The largest absolute Gasteiger partial charge is 0.354 e. The molecule has 0 aromatic heterocycles. The maximum absolute atomic E-state index is 12.9. The lowest BCUT2D eigenvalue weighted by molar-refractivity contribution is -0.126. The Kier molecular flexibility index (Phi) is 8.20. The third kappa shape index (κ3) is 6.61. The van der Waals surface area contributed by atoms with E-state index in [4.69, 9.17) is 0 Å². The van der Waals surface area contributed by atoms with E-state index in [1.807, 2.05) is 13.8 Å². The normalized spacial score (nSPS) is 15.2. The Morgan fingerprint density at radius 2 is 1.61 bits per heavy atom. The molecule has 0 bridgehead atoms. The van der Waals surface area contributed by atoms with E-state index in [0.717, 1.165) is 11.1 Å². The van der Waals surface area contributed by atoms with Gasteiger partial charge >= 0.3 is 0 Å². The lowest BCUT2D eigenvalue weighted by atomic mass is 9.97. The Balaban J connectivity index is 1.39. The van der Waals surface area contributed by atoms with Crippen molar-refractivity contribution in [3.8, 4) is 0 Å². The first-order valence-electron chi connectivity index (χ1n) is 11.0. The van der Waals surface area contributed by atoms with Crippen molar-refractivity contribution >= 4 is 21.8 Å². The van der Waals surface area contributed by atoms with E-state index in [0.29, 0.717) is 31.5 Å². The molecule has 2 aromatic carbocycles. The van der Waals surface area contributed by atoms with Gasteiger partial charge in [0.05, 0.1) is 11.3 Å². The summed E-state index contributed by atoms with van der Waals surface area (Å²) in [5.41, 5.74) is 2.67. The summed E-state index contributed by atoms with van der Waals surface area (Å²) < 4.78 is 40.2. The number of rotatable bonds is 8. The summed E-state index contributed by atoms with van der Waals surface area (Å²) in [5.74, 6) is -0.951. The third-order valence-electron chi connectivity index (χ3n) is 5.97. The number of nitrogens with zero attached hydrogens (tertiary/aromatic N) is 1. The van der Waals surface area contributed by atoms with E-state index in [-0.39, 0.29) is 48.0 Å². The second-order valence-corrected chi connectivity index (χ2v) is 10.3. The van der Waals surface area contributed by atoms with Crippen LogP contribution in [0.25, 0.3) is 0 Å². The molecule has 178 valence electrons. The molecular weight excluding hydrogens is 445 g/mol. The van der Waals surface area contributed by atoms with Crippen molar-refractivity contribution in [3.05, 3.63) is 65.0 Å². The van der Waals surface area contributed by atoms with E-state index in [2.05, 4.69) is 10.6 Å². The predicted molar refractivity (Wildman–Crippen MR) is 124 cm³/mol. The van der Waals surface area contributed by atoms with Gasteiger partial charge in [0.25, 0.3) is 0 Å². The number of aryl methyl sites for hydroxylation is 2. The van der Waals surface area contributed by atoms with Gasteiger partial charge in [0.15, 0.2) is 0 Å². The molecule has 1 saturated heterocycles. The van der Waals surface area contributed by atoms with Gasteiger partial charge < -0.3 is 10.6 Å². The summed E-state index contributed by atoms with van der Waals surface area (Å²) in [4.78, 5) is 24.7. The lowest BCUT2D eigenvalue weighted by Gasteiger charge is -2.30. The number of amides is 2. The van der Waals surface area contributed by atoms with Crippen LogP contribution in [-0.4, -0.2) is 50.7 Å². The van der Waals surface area contributed by atoms with Crippen LogP contribution in [0.2, 0.25) is 0 Å². The molecule has 0 radical (unpaired) electrons. The summed E-state index contributed by atoms with van der Waals surface area (Å²) in [6.45, 7) is 4.98. The minimum atomic E-state index is -3.58. The van der Waals surface area contributed by atoms with Crippen molar-refractivity contribution < 1.29 is 22.4 Å².